The quantitative estimate of drug-likeness (QED) is 0.743. The van der Waals surface area contributed by atoms with Gasteiger partial charge in [-0.05, 0) is 69.3 Å². The highest BCUT2D eigenvalue weighted by Crippen LogP contribution is 2.15. The lowest BCUT2D eigenvalue weighted by atomic mass is 10.0. The van der Waals surface area contributed by atoms with Crippen LogP contribution in [0.3, 0.4) is 0 Å². The van der Waals surface area contributed by atoms with E-state index in [1.54, 1.807) is 0 Å². The van der Waals surface area contributed by atoms with Crippen LogP contribution in [0.1, 0.15) is 42.0 Å². The molecule has 2 nitrogen and oxygen atoms in total. The van der Waals surface area contributed by atoms with Crippen LogP contribution in [0.15, 0.2) is 12.1 Å². The third-order valence-electron chi connectivity index (χ3n) is 3.24. The van der Waals surface area contributed by atoms with Gasteiger partial charge in [0, 0.05) is 6.54 Å². The summed E-state index contributed by atoms with van der Waals surface area (Å²) in [5, 5.41) is 12.6. The molecule has 1 aromatic rings. The third kappa shape index (κ3) is 4.88. The van der Waals surface area contributed by atoms with E-state index in [1.807, 2.05) is 6.92 Å². The maximum absolute atomic E-state index is 9.15. The van der Waals surface area contributed by atoms with Crippen molar-refractivity contribution in [3.05, 3.63) is 34.4 Å². The maximum atomic E-state index is 9.15. The number of aliphatic hydroxyl groups is 1. The molecule has 0 saturated heterocycles. The van der Waals surface area contributed by atoms with E-state index in [9.17, 15) is 0 Å². The van der Waals surface area contributed by atoms with E-state index >= 15 is 0 Å². The lowest BCUT2D eigenvalue weighted by Crippen LogP contribution is -2.17. The average molecular weight is 235 g/mol. The van der Waals surface area contributed by atoms with Gasteiger partial charge in [-0.1, -0.05) is 12.1 Å². The minimum absolute atomic E-state index is 0.180. The van der Waals surface area contributed by atoms with Crippen molar-refractivity contribution in [3.8, 4) is 0 Å². The molecule has 1 unspecified atom stereocenters. The molecule has 0 amide bonds. The average Bonchev–Trinajstić information content (AvgIpc) is 2.24. The molecule has 0 aliphatic carbocycles. The van der Waals surface area contributed by atoms with Crippen LogP contribution in [-0.2, 0) is 6.54 Å². The summed E-state index contributed by atoms with van der Waals surface area (Å²) in [6, 6.07) is 4.52. The molecule has 1 rings (SSSR count). The Morgan fingerprint density at radius 1 is 1.12 bits per heavy atom. The first-order valence-corrected chi connectivity index (χ1v) is 6.46. The van der Waals surface area contributed by atoms with Crippen LogP contribution < -0.4 is 5.32 Å². The van der Waals surface area contributed by atoms with Gasteiger partial charge >= 0.3 is 0 Å². The van der Waals surface area contributed by atoms with Crippen molar-refractivity contribution in [1.82, 2.24) is 5.32 Å². The van der Waals surface area contributed by atoms with Gasteiger partial charge in [0.1, 0.15) is 0 Å². The molecule has 0 spiro atoms. The molecule has 0 saturated carbocycles. The van der Waals surface area contributed by atoms with Crippen molar-refractivity contribution >= 4 is 0 Å². The van der Waals surface area contributed by atoms with E-state index < -0.39 is 0 Å². The molecule has 0 fully saturated rings. The van der Waals surface area contributed by atoms with Crippen LogP contribution in [0.4, 0.5) is 0 Å². The monoisotopic (exact) mass is 235 g/mol. The summed E-state index contributed by atoms with van der Waals surface area (Å²) in [6.07, 6.45) is 1.72. The van der Waals surface area contributed by atoms with E-state index in [0.29, 0.717) is 0 Å². The summed E-state index contributed by atoms with van der Waals surface area (Å²) in [5.41, 5.74) is 5.46. The number of aryl methyl sites for hydroxylation is 3. The first kappa shape index (κ1) is 14.2. The van der Waals surface area contributed by atoms with Crippen LogP contribution in [0.5, 0.6) is 0 Å². The van der Waals surface area contributed by atoms with Gasteiger partial charge < -0.3 is 10.4 Å². The Hall–Kier alpha value is -0.860. The van der Waals surface area contributed by atoms with Crippen LogP contribution in [0.2, 0.25) is 0 Å². The summed E-state index contributed by atoms with van der Waals surface area (Å²) < 4.78 is 0. The SMILES string of the molecule is Cc1cc(C)c(CNCCCC(C)O)cc1C. The van der Waals surface area contributed by atoms with Crippen LogP contribution >= 0.6 is 0 Å². The van der Waals surface area contributed by atoms with Crippen molar-refractivity contribution in [1.29, 1.82) is 0 Å². The second kappa shape index (κ2) is 6.77. The molecule has 0 aromatic heterocycles. The van der Waals surface area contributed by atoms with Crippen LogP contribution in [-0.4, -0.2) is 17.8 Å². The normalized spacial score (nSPS) is 12.8. The van der Waals surface area contributed by atoms with Crippen LogP contribution in [0.25, 0.3) is 0 Å². The van der Waals surface area contributed by atoms with Crippen molar-refractivity contribution in [3.63, 3.8) is 0 Å². The number of hydrogen-bond donors (Lipinski definition) is 2. The van der Waals surface area contributed by atoms with E-state index in [-0.39, 0.29) is 6.10 Å². The topological polar surface area (TPSA) is 32.3 Å². The predicted octanol–water partition coefficient (Wildman–Crippen LogP) is 2.86. The Morgan fingerprint density at radius 2 is 1.76 bits per heavy atom. The van der Waals surface area contributed by atoms with E-state index in [2.05, 4.69) is 38.2 Å². The largest absolute Gasteiger partial charge is 0.393 e. The molecule has 0 radical (unpaired) electrons. The summed E-state index contributed by atoms with van der Waals surface area (Å²) in [6.45, 7) is 10.2. The van der Waals surface area contributed by atoms with Gasteiger partial charge in [-0.2, -0.15) is 0 Å². The fourth-order valence-corrected chi connectivity index (χ4v) is 1.96. The molecule has 0 heterocycles. The van der Waals surface area contributed by atoms with E-state index in [4.69, 9.17) is 5.11 Å². The van der Waals surface area contributed by atoms with Gasteiger partial charge in [0.2, 0.25) is 0 Å². The van der Waals surface area contributed by atoms with E-state index in [0.717, 1.165) is 25.9 Å². The molecule has 1 atom stereocenters. The fourth-order valence-electron chi connectivity index (χ4n) is 1.96. The Bertz CT molecular complexity index is 358. The minimum Gasteiger partial charge on any atom is -0.393 e. The van der Waals surface area contributed by atoms with Gasteiger partial charge in [-0.15, -0.1) is 0 Å². The Labute approximate surface area is 105 Å². The zero-order chi connectivity index (χ0) is 12.8. The van der Waals surface area contributed by atoms with Gasteiger partial charge in [-0.3, -0.25) is 0 Å². The molecule has 2 N–H and O–H groups in total. The Morgan fingerprint density at radius 3 is 2.41 bits per heavy atom. The summed E-state index contributed by atoms with van der Waals surface area (Å²) in [5.74, 6) is 0. The smallest absolute Gasteiger partial charge is 0.0512 e. The molecule has 0 bridgehead atoms. The number of hydrogen-bond acceptors (Lipinski definition) is 2. The van der Waals surface area contributed by atoms with Crippen molar-refractivity contribution in [2.45, 2.75) is 53.2 Å². The molecule has 17 heavy (non-hydrogen) atoms. The third-order valence-corrected chi connectivity index (χ3v) is 3.24. The maximum Gasteiger partial charge on any atom is 0.0512 e. The first-order chi connectivity index (χ1) is 8.00. The second-order valence-electron chi connectivity index (χ2n) is 5.03. The fraction of sp³-hybridized carbons (Fsp3) is 0.600. The molecule has 2 heteroatoms. The van der Waals surface area contributed by atoms with Crippen molar-refractivity contribution in [2.24, 2.45) is 0 Å². The highest BCUT2D eigenvalue weighted by atomic mass is 16.3. The number of benzene rings is 1. The molecule has 1 aromatic carbocycles. The van der Waals surface area contributed by atoms with Crippen molar-refractivity contribution < 1.29 is 5.11 Å². The molecule has 0 aliphatic heterocycles. The highest BCUT2D eigenvalue weighted by molar-refractivity contribution is 5.36. The number of rotatable bonds is 6. The van der Waals surface area contributed by atoms with Crippen LogP contribution in [0, 0.1) is 20.8 Å². The summed E-state index contributed by atoms with van der Waals surface area (Å²) in [4.78, 5) is 0. The molecular formula is C15H25NO. The zero-order valence-corrected chi connectivity index (χ0v) is 11.5. The second-order valence-corrected chi connectivity index (χ2v) is 5.03. The number of aliphatic hydroxyl groups excluding tert-OH is 1. The minimum atomic E-state index is -0.180. The summed E-state index contributed by atoms with van der Waals surface area (Å²) in [7, 11) is 0. The number of nitrogens with one attached hydrogen (secondary N) is 1. The highest BCUT2D eigenvalue weighted by Gasteiger charge is 2.01. The van der Waals surface area contributed by atoms with Gasteiger partial charge in [0.05, 0.1) is 6.10 Å². The van der Waals surface area contributed by atoms with Crippen molar-refractivity contribution in [2.75, 3.05) is 6.54 Å². The van der Waals surface area contributed by atoms with Gasteiger partial charge in [0.25, 0.3) is 0 Å². The lowest BCUT2D eigenvalue weighted by molar-refractivity contribution is 0.181. The zero-order valence-electron chi connectivity index (χ0n) is 11.5. The van der Waals surface area contributed by atoms with Gasteiger partial charge in [-0.25, -0.2) is 0 Å². The Balaban J connectivity index is 2.39. The van der Waals surface area contributed by atoms with Gasteiger partial charge in [0.15, 0.2) is 0 Å². The Kier molecular flexibility index (Phi) is 5.66. The van der Waals surface area contributed by atoms with E-state index in [1.165, 1.54) is 22.3 Å². The first-order valence-electron chi connectivity index (χ1n) is 6.46. The summed E-state index contributed by atoms with van der Waals surface area (Å²) >= 11 is 0. The molecule has 0 aliphatic rings. The predicted molar refractivity (Wildman–Crippen MR) is 73.3 cm³/mol. The molecule has 96 valence electrons. The standard InChI is InChI=1S/C15H25NO/c1-11-8-13(3)15(9-12(11)2)10-16-7-5-6-14(4)17/h8-9,14,16-17H,5-7,10H2,1-4H3. The lowest BCUT2D eigenvalue weighted by Gasteiger charge is -2.11. The molecular weight excluding hydrogens is 210 g/mol.